The molecule has 23 rings (SSSR count). The van der Waals surface area contributed by atoms with Crippen LogP contribution in [0.5, 0.6) is 0 Å². The first-order chi connectivity index (χ1) is 53.1. The second-order valence-electron chi connectivity index (χ2n) is 33.2. The summed E-state index contributed by atoms with van der Waals surface area (Å²) in [6.45, 7) is 17.9. The normalized spacial score (nSPS) is 17.5. The molecule has 12 N–H and O–H groups in total. The molecule has 0 radical (unpaired) electrons. The van der Waals surface area contributed by atoms with Gasteiger partial charge in [0.1, 0.15) is 5.65 Å². The monoisotopic (exact) mass is 1500 g/mol. The van der Waals surface area contributed by atoms with Gasteiger partial charge in [0.25, 0.3) is 5.56 Å². The van der Waals surface area contributed by atoms with Crippen molar-refractivity contribution in [3.63, 3.8) is 0 Å². The van der Waals surface area contributed by atoms with Crippen LogP contribution in [0, 0.1) is 0 Å². The topological polar surface area (TPSA) is 437 Å². The van der Waals surface area contributed by atoms with E-state index in [1.807, 2.05) is 36.4 Å². The molecule has 0 saturated heterocycles. The van der Waals surface area contributed by atoms with Gasteiger partial charge in [0.2, 0.25) is 0 Å². The lowest BCUT2D eigenvalue weighted by Gasteiger charge is -2.30. The number of aromatic nitrogens is 2. The second-order valence-corrected chi connectivity index (χ2v) is 33.2. The van der Waals surface area contributed by atoms with E-state index in [1.54, 1.807) is 34.7 Å². The standard InChI is InChI=1S/C43H30N4O8.C37H24O10.C6H10N4/c1-41(2)15-43(16-42(3,4)22-10-34-36(12-24(22)43)54-32-8-20-19(7-31(32)53-34)39(49)55-40(20)50)23-11-35-33(9-21(23)41)51-29-5-17-18(6-30(29)52-35)38(48)47-28-14-26(45)25(44)13-27(28)46-37(17)47;1-35(2)13-37(21-11-29-27(9-19(21)35)42-23-5-15-17(7-25(23)44-29)33(40)46-31(15)38)14-36(3,4)20-10-28-30(12-22(20)37)45-26-8-18-16(6-24(26)43-28)32(39)47-34(18)41;7-3-1-4(8)6(10)2-5(3)9/h5-14H,15-16,44-45H2,1-4H3;5-12H,13-14H2,1-4H3;1-2H,7-10H2. The summed E-state index contributed by atoms with van der Waals surface area (Å²) >= 11 is 0. The maximum Gasteiger partial charge on any atom is 0.347 e. The number of nitrogens with two attached hydrogens (primary N) is 6. The largest absolute Gasteiger partial charge is 0.449 e. The van der Waals surface area contributed by atoms with E-state index in [0.29, 0.717) is 151 Å². The molecule has 9 aromatic heterocycles. The van der Waals surface area contributed by atoms with Crippen LogP contribution < -0.4 is 73.7 Å². The fourth-order valence-corrected chi connectivity index (χ4v) is 19.4. The van der Waals surface area contributed by atoms with Crippen molar-refractivity contribution in [1.29, 1.82) is 0 Å². The molecular formula is C86H64N8O18. The summed E-state index contributed by atoms with van der Waals surface area (Å²) in [4.78, 5) is 92.0. The minimum atomic E-state index is -0.711. The summed E-state index contributed by atoms with van der Waals surface area (Å²) in [5.74, 6) is 0. The Balaban J connectivity index is 0.000000127. The fourth-order valence-electron chi connectivity index (χ4n) is 19.4. The van der Waals surface area contributed by atoms with E-state index in [0.717, 1.165) is 70.2 Å². The zero-order chi connectivity index (χ0) is 77.7. The van der Waals surface area contributed by atoms with Gasteiger partial charge in [-0.25, -0.2) is 33.8 Å². The summed E-state index contributed by atoms with van der Waals surface area (Å²) in [6.07, 6.45) is 3.28. The van der Waals surface area contributed by atoms with Gasteiger partial charge in [-0.1, -0.05) is 55.4 Å². The van der Waals surface area contributed by atoms with Gasteiger partial charge in [-0.05, 0) is 177 Å². The van der Waals surface area contributed by atoms with Crippen molar-refractivity contribution in [1.82, 2.24) is 9.38 Å². The van der Waals surface area contributed by atoms with Gasteiger partial charge >= 0.3 is 33.8 Å². The number of furan rings is 3. The molecule has 1 atom stereocenters. The third kappa shape index (κ3) is 9.01. The highest BCUT2D eigenvalue weighted by molar-refractivity contribution is 6.06. The van der Waals surface area contributed by atoms with Gasteiger partial charge in [-0.3, -0.25) is 9.20 Å². The first-order valence-corrected chi connectivity index (χ1v) is 36.1. The van der Waals surface area contributed by atoms with E-state index in [1.165, 1.54) is 36.4 Å². The van der Waals surface area contributed by atoms with E-state index in [9.17, 15) is 33.6 Å². The first-order valence-electron chi connectivity index (χ1n) is 36.1. The summed E-state index contributed by atoms with van der Waals surface area (Å²) in [6, 6.07) is 35.4. The molecular weight excluding hydrogens is 1430 g/mol. The van der Waals surface area contributed by atoms with Crippen LogP contribution in [0.15, 0.2) is 203 Å². The third-order valence-corrected chi connectivity index (χ3v) is 24.1. The number of hydrogen-bond donors (Lipinski definition) is 6. The predicted octanol–water partition coefficient (Wildman–Crippen LogP) is 15.5. The van der Waals surface area contributed by atoms with Crippen LogP contribution in [0.2, 0.25) is 0 Å². The van der Waals surface area contributed by atoms with Crippen molar-refractivity contribution in [2.24, 2.45) is 0 Å². The molecule has 26 heteroatoms. The highest BCUT2D eigenvalue weighted by Crippen LogP contribution is 2.66. The molecule has 112 heavy (non-hydrogen) atoms. The van der Waals surface area contributed by atoms with Crippen LogP contribution in [0.3, 0.4) is 0 Å². The van der Waals surface area contributed by atoms with Crippen LogP contribution in [-0.2, 0) is 32.5 Å². The minimum absolute atomic E-state index is 0.146. The maximum atomic E-state index is 13.8. The molecule has 0 fully saturated rings. The quantitative estimate of drug-likeness (QED) is 0.0606. The van der Waals surface area contributed by atoms with Crippen molar-refractivity contribution in [2.45, 2.75) is 114 Å². The number of anilines is 6. The molecule has 9 heterocycles. The molecule has 1 unspecified atom stereocenters. The van der Waals surface area contributed by atoms with Crippen molar-refractivity contribution in [2.75, 3.05) is 34.4 Å². The zero-order valence-corrected chi connectivity index (χ0v) is 61.1. The molecule has 2 spiro atoms. The van der Waals surface area contributed by atoms with Gasteiger partial charge in [0.15, 0.2) is 89.3 Å². The number of imidazole rings is 1. The molecule has 19 aromatic rings. The Bertz CT molecular complexity index is 7880. The highest BCUT2D eigenvalue weighted by Gasteiger charge is 2.59. The Kier molecular flexibility index (Phi) is 12.6. The van der Waals surface area contributed by atoms with Crippen molar-refractivity contribution in [3.05, 3.63) is 239 Å². The van der Waals surface area contributed by atoms with Crippen LogP contribution in [0.4, 0.5) is 34.1 Å². The van der Waals surface area contributed by atoms with Gasteiger partial charge in [-0.15, -0.1) is 0 Å². The van der Waals surface area contributed by atoms with E-state index in [-0.39, 0.29) is 59.5 Å². The molecule has 556 valence electrons. The Morgan fingerprint density at radius 2 is 0.473 bits per heavy atom. The number of nitrogens with zero attached hydrogens (tertiary/aromatic N) is 2. The van der Waals surface area contributed by atoms with Crippen LogP contribution in [0.1, 0.15) is 126 Å². The van der Waals surface area contributed by atoms with Gasteiger partial charge in [0.05, 0.1) is 82.9 Å². The molecule has 0 aliphatic heterocycles. The Labute approximate surface area is 624 Å². The van der Waals surface area contributed by atoms with E-state index in [2.05, 4.69) is 73.6 Å². The summed E-state index contributed by atoms with van der Waals surface area (Å²) in [7, 11) is 0. The number of nitrogen functional groups attached to an aromatic ring is 6. The number of fused-ring (bicyclic) bond motifs is 24. The van der Waals surface area contributed by atoms with Crippen molar-refractivity contribution in [3.8, 4) is 0 Å². The van der Waals surface area contributed by atoms with Crippen LogP contribution in [0.25, 0.3) is 149 Å². The lowest BCUT2D eigenvalue weighted by atomic mass is 9.72. The molecule has 26 nitrogen and oxygen atoms in total. The lowest BCUT2D eigenvalue weighted by molar-refractivity contribution is 0.349. The highest BCUT2D eigenvalue weighted by atomic mass is 16.5. The summed E-state index contributed by atoms with van der Waals surface area (Å²) < 4.78 is 67.2. The van der Waals surface area contributed by atoms with Crippen LogP contribution in [-0.4, -0.2) is 9.38 Å². The van der Waals surface area contributed by atoms with E-state index >= 15 is 0 Å². The van der Waals surface area contributed by atoms with Gasteiger partial charge in [-0.2, -0.15) is 0 Å². The molecule has 0 amide bonds. The van der Waals surface area contributed by atoms with Gasteiger partial charge in [0, 0.05) is 52.6 Å². The van der Waals surface area contributed by atoms with E-state index < -0.39 is 44.6 Å². The average molecular weight is 1500 g/mol. The molecule has 4 aliphatic rings. The van der Waals surface area contributed by atoms with E-state index in [4.69, 9.17) is 88.0 Å². The Morgan fingerprint density at radius 3 is 0.741 bits per heavy atom. The number of hydrogen-bond acceptors (Lipinski definition) is 25. The average Bonchev–Trinajstić information content (AvgIpc) is 1.52. The predicted molar refractivity (Wildman–Crippen MR) is 426 cm³/mol. The zero-order valence-electron chi connectivity index (χ0n) is 61.1. The Hall–Kier alpha value is -14.0. The summed E-state index contributed by atoms with van der Waals surface area (Å²) in [5.41, 5.74) is 48.2. The SMILES string of the molecule is CC1(C)CC2(CC(C)(C)c3cc4oc5cc6c(=O)oc(=O)c6cc5oc4cc32)c2cc3oc4cc5c(=O)oc(=O)c5cc4oc3cc21.CC1(C)CC2(CC(C)(C)c3cc4oc5cc6c(cc5oc4cc32)c(=O)n2c3cc(N)c(N)cc3nc62)c2cc3oc4cc5c(=O)oc(=O)c5cc4oc3cc21.Nc1cc(N)c(N)cc1N. The van der Waals surface area contributed by atoms with Crippen LogP contribution >= 0.6 is 0 Å². The summed E-state index contributed by atoms with van der Waals surface area (Å²) in [5, 5.41) is 2.01. The number of rotatable bonds is 0. The lowest BCUT2D eigenvalue weighted by Crippen LogP contribution is -2.27. The molecule has 0 saturated carbocycles. The molecule has 0 bridgehead atoms. The third-order valence-electron chi connectivity index (χ3n) is 24.1. The van der Waals surface area contributed by atoms with Crippen molar-refractivity contribution >= 4 is 183 Å². The first kappa shape index (κ1) is 66.2. The molecule has 4 aliphatic carbocycles. The maximum absolute atomic E-state index is 13.8. The molecule has 10 aromatic carbocycles. The fraction of sp³-hybridized carbons (Fsp3) is 0.209. The number of benzene rings is 10. The minimum Gasteiger partial charge on any atom is -0.449 e. The smallest absolute Gasteiger partial charge is 0.347 e. The van der Waals surface area contributed by atoms with Crippen molar-refractivity contribution < 1.29 is 48.6 Å². The Morgan fingerprint density at radius 1 is 0.259 bits per heavy atom. The second kappa shape index (κ2) is 21.3. The van der Waals surface area contributed by atoms with Gasteiger partial charge < -0.3 is 83.0 Å².